The van der Waals surface area contributed by atoms with E-state index in [0.717, 1.165) is 11.8 Å². The van der Waals surface area contributed by atoms with Gasteiger partial charge in [-0.05, 0) is 30.1 Å². The molecule has 0 aromatic carbocycles. The summed E-state index contributed by atoms with van der Waals surface area (Å²) < 4.78 is 0. The Morgan fingerprint density at radius 1 is 1.56 bits per heavy atom. The number of allylic oxidation sites excluding steroid dienone is 2. The fourth-order valence-electron chi connectivity index (χ4n) is 2.34. The molecular formula is C9H14. The molecule has 0 bridgehead atoms. The number of rotatable bonds is 0. The first-order valence-corrected chi connectivity index (χ1v) is 3.92. The molecule has 1 fully saturated rings. The molecule has 50 valence electrons. The predicted molar refractivity (Wildman–Crippen MR) is 39.1 cm³/mol. The monoisotopic (exact) mass is 122 g/mol. The van der Waals surface area contributed by atoms with Crippen LogP contribution in [-0.2, 0) is 0 Å². The van der Waals surface area contributed by atoms with Crippen molar-refractivity contribution in [3.63, 3.8) is 0 Å². The van der Waals surface area contributed by atoms with Crippen molar-refractivity contribution in [2.75, 3.05) is 0 Å². The smallest absolute Gasteiger partial charge is 0.00810 e. The quantitative estimate of drug-likeness (QED) is 0.433. The van der Waals surface area contributed by atoms with E-state index in [-0.39, 0.29) is 0 Å². The van der Waals surface area contributed by atoms with Gasteiger partial charge in [0.25, 0.3) is 0 Å². The molecule has 0 nitrogen and oxygen atoms in total. The number of hydrogen-bond donors (Lipinski definition) is 0. The van der Waals surface area contributed by atoms with Crippen LogP contribution in [0, 0.1) is 17.3 Å². The zero-order valence-electron chi connectivity index (χ0n) is 6.22. The molecular weight excluding hydrogens is 108 g/mol. The lowest BCUT2D eigenvalue weighted by Gasteiger charge is -2.36. The minimum atomic E-state index is 0.624. The van der Waals surface area contributed by atoms with E-state index < -0.39 is 0 Å². The summed E-state index contributed by atoms with van der Waals surface area (Å²) in [5.74, 6) is 1.89. The molecule has 0 N–H and O–H groups in total. The van der Waals surface area contributed by atoms with Crippen LogP contribution >= 0.6 is 0 Å². The largest absolute Gasteiger partial charge is 0.0837 e. The highest BCUT2D eigenvalue weighted by atomic mass is 14.5. The van der Waals surface area contributed by atoms with E-state index in [9.17, 15) is 0 Å². The lowest BCUT2D eigenvalue weighted by Crippen LogP contribution is -2.27. The van der Waals surface area contributed by atoms with Crippen LogP contribution in [0.25, 0.3) is 0 Å². The van der Waals surface area contributed by atoms with Crippen LogP contribution in [0.1, 0.15) is 26.7 Å². The summed E-state index contributed by atoms with van der Waals surface area (Å²) in [7, 11) is 0. The third-order valence-electron chi connectivity index (χ3n) is 3.20. The van der Waals surface area contributed by atoms with E-state index in [4.69, 9.17) is 0 Å². The maximum atomic E-state index is 2.39. The minimum Gasteiger partial charge on any atom is -0.0837 e. The van der Waals surface area contributed by atoms with Gasteiger partial charge >= 0.3 is 0 Å². The third kappa shape index (κ3) is 0.540. The first kappa shape index (κ1) is 5.52. The first-order valence-electron chi connectivity index (χ1n) is 3.92. The van der Waals surface area contributed by atoms with Crippen molar-refractivity contribution in [3.8, 4) is 0 Å². The third-order valence-corrected chi connectivity index (χ3v) is 3.20. The Morgan fingerprint density at radius 3 is 2.56 bits per heavy atom. The van der Waals surface area contributed by atoms with Gasteiger partial charge in [-0.1, -0.05) is 26.0 Å². The molecule has 0 spiro atoms. The Balaban J connectivity index is 2.25. The van der Waals surface area contributed by atoms with Crippen LogP contribution in [0.5, 0.6) is 0 Å². The van der Waals surface area contributed by atoms with Crippen LogP contribution in [0.4, 0.5) is 0 Å². The van der Waals surface area contributed by atoms with Crippen molar-refractivity contribution < 1.29 is 0 Å². The standard InChI is InChI=1S/C9H14/c1-7-3-5-9(2)6-4-8(7)9/h4,6-8H,3,5H2,1-2H3/t7-,8-,9-/m1/s1. The van der Waals surface area contributed by atoms with E-state index in [1.807, 2.05) is 0 Å². The van der Waals surface area contributed by atoms with E-state index in [2.05, 4.69) is 26.0 Å². The molecule has 0 radical (unpaired) electrons. The van der Waals surface area contributed by atoms with Crippen molar-refractivity contribution in [2.45, 2.75) is 26.7 Å². The molecule has 0 heteroatoms. The molecule has 0 saturated heterocycles. The van der Waals surface area contributed by atoms with Gasteiger partial charge < -0.3 is 0 Å². The highest BCUT2D eigenvalue weighted by Gasteiger charge is 2.44. The van der Waals surface area contributed by atoms with Crippen molar-refractivity contribution >= 4 is 0 Å². The van der Waals surface area contributed by atoms with Gasteiger partial charge in [-0.2, -0.15) is 0 Å². The molecule has 2 aliphatic carbocycles. The molecule has 3 atom stereocenters. The van der Waals surface area contributed by atoms with Crippen molar-refractivity contribution in [1.82, 2.24) is 0 Å². The zero-order chi connectivity index (χ0) is 6.48. The van der Waals surface area contributed by atoms with Crippen molar-refractivity contribution in [3.05, 3.63) is 12.2 Å². The maximum Gasteiger partial charge on any atom is -0.00810 e. The summed E-state index contributed by atoms with van der Waals surface area (Å²) in [6.45, 7) is 4.76. The second-order valence-corrected chi connectivity index (χ2v) is 3.91. The Labute approximate surface area is 57.0 Å². The van der Waals surface area contributed by atoms with Crippen LogP contribution in [0.15, 0.2) is 12.2 Å². The molecule has 0 heterocycles. The number of hydrogen-bond acceptors (Lipinski definition) is 0. The second kappa shape index (κ2) is 1.42. The number of fused-ring (bicyclic) bond motifs is 1. The molecule has 1 saturated carbocycles. The minimum absolute atomic E-state index is 0.624. The Hall–Kier alpha value is -0.260. The molecule has 0 aromatic rings. The van der Waals surface area contributed by atoms with Crippen molar-refractivity contribution in [1.29, 1.82) is 0 Å². The van der Waals surface area contributed by atoms with Gasteiger partial charge in [0.1, 0.15) is 0 Å². The van der Waals surface area contributed by atoms with Gasteiger partial charge in [0, 0.05) is 0 Å². The van der Waals surface area contributed by atoms with Gasteiger partial charge in [0.15, 0.2) is 0 Å². The molecule has 2 aliphatic rings. The average Bonchev–Trinajstić information content (AvgIpc) is 1.93. The Kier molecular flexibility index (Phi) is 0.870. The van der Waals surface area contributed by atoms with Crippen LogP contribution < -0.4 is 0 Å². The van der Waals surface area contributed by atoms with Gasteiger partial charge in [-0.3, -0.25) is 0 Å². The van der Waals surface area contributed by atoms with Gasteiger partial charge in [0.2, 0.25) is 0 Å². The van der Waals surface area contributed by atoms with Crippen LogP contribution in [-0.4, -0.2) is 0 Å². The fourth-order valence-corrected chi connectivity index (χ4v) is 2.34. The van der Waals surface area contributed by atoms with E-state index in [1.54, 1.807) is 0 Å². The first-order chi connectivity index (χ1) is 4.22. The predicted octanol–water partition coefficient (Wildman–Crippen LogP) is 2.61. The summed E-state index contributed by atoms with van der Waals surface area (Å²) in [6, 6.07) is 0. The SMILES string of the molecule is C[C@@H]1CC[C@]2(C)C=C[C@H]12. The van der Waals surface area contributed by atoms with Crippen LogP contribution in [0.3, 0.4) is 0 Å². The van der Waals surface area contributed by atoms with E-state index in [1.165, 1.54) is 12.8 Å². The molecule has 2 rings (SSSR count). The molecule has 9 heavy (non-hydrogen) atoms. The molecule has 0 amide bonds. The summed E-state index contributed by atoms with van der Waals surface area (Å²) in [6.07, 6.45) is 7.64. The maximum absolute atomic E-state index is 2.39. The average molecular weight is 122 g/mol. The fraction of sp³-hybridized carbons (Fsp3) is 0.778. The van der Waals surface area contributed by atoms with E-state index >= 15 is 0 Å². The van der Waals surface area contributed by atoms with E-state index in [0.29, 0.717) is 5.41 Å². The topological polar surface area (TPSA) is 0 Å². The lowest BCUT2D eigenvalue weighted by atomic mass is 9.69. The summed E-state index contributed by atoms with van der Waals surface area (Å²) in [5, 5.41) is 0. The van der Waals surface area contributed by atoms with Crippen molar-refractivity contribution in [2.24, 2.45) is 17.3 Å². The lowest BCUT2D eigenvalue weighted by molar-refractivity contribution is 0.282. The van der Waals surface area contributed by atoms with Gasteiger partial charge in [-0.25, -0.2) is 0 Å². The molecule has 0 aliphatic heterocycles. The molecule has 0 aromatic heterocycles. The van der Waals surface area contributed by atoms with Crippen LogP contribution in [0.2, 0.25) is 0 Å². The highest BCUT2D eigenvalue weighted by molar-refractivity contribution is 5.21. The summed E-state index contributed by atoms with van der Waals surface area (Å²) in [4.78, 5) is 0. The second-order valence-electron chi connectivity index (χ2n) is 3.91. The Bertz CT molecular complexity index is 157. The Morgan fingerprint density at radius 2 is 2.33 bits per heavy atom. The summed E-state index contributed by atoms with van der Waals surface area (Å²) >= 11 is 0. The normalized spacial score (nSPS) is 54.9. The van der Waals surface area contributed by atoms with Gasteiger partial charge in [-0.15, -0.1) is 0 Å². The highest BCUT2D eigenvalue weighted by Crippen LogP contribution is 2.54. The molecule has 0 unspecified atom stereocenters. The van der Waals surface area contributed by atoms with Gasteiger partial charge in [0.05, 0.1) is 0 Å². The zero-order valence-corrected chi connectivity index (χ0v) is 6.22. The summed E-state index contributed by atoms with van der Waals surface area (Å²) in [5.41, 5.74) is 0.624.